The van der Waals surface area contributed by atoms with Gasteiger partial charge in [0.05, 0.1) is 12.1 Å². The third-order valence-electron chi connectivity index (χ3n) is 3.23. The first kappa shape index (κ1) is 16.9. The maximum absolute atomic E-state index is 14.0. The van der Waals surface area contributed by atoms with Gasteiger partial charge in [0.1, 0.15) is 17.2 Å². The predicted molar refractivity (Wildman–Crippen MR) is 87.2 cm³/mol. The minimum Gasteiger partial charge on any atom is -0.495 e. The van der Waals surface area contributed by atoms with E-state index in [0.29, 0.717) is 32.9 Å². The molecule has 2 aromatic rings. The normalized spacial score (nSPS) is 12.1. The summed E-state index contributed by atoms with van der Waals surface area (Å²) in [5, 5.41) is 3.48. The van der Waals surface area contributed by atoms with E-state index in [0.717, 1.165) is 5.56 Å². The van der Waals surface area contributed by atoms with E-state index in [2.05, 4.69) is 5.32 Å². The highest BCUT2D eigenvalue weighted by atomic mass is 35.5. The zero-order chi connectivity index (χ0) is 16.3. The molecule has 0 aliphatic carbocycles. The molecule has 2 aromatic carbocycles. The molecule has 0 radical (unpaired) electrons. The first-order chi connectivity index (χ1) is 10.5. The summed E-state index contributed by atoms with van der Waals surface area (Å²) in [5.74, 6) is 1.38. The monoisotopic (exact) mass is 343 g/mol. The lowest BCUT2D eigenvalue weighted by atomic mass is 10.1. The van der Waals surface area contributed by atoms with Gasteiger partial charge in [0, 0.05) is 16.1 Å². The Kier molecular flexibility index (Phi) is 5.51. The third-order valence-corrected chi connectivity index (χ3v) is 3.77. The molecular weight excluding hydrogens is 328 g/mol. The average molecular weight is 344 g/mol. The summed E-state index contributed by atoms with van der Waals surface area (Å²) in [5.41, 5.74) is 1.08. The molecule has 1 N–H and O–H groups in total. The standard InChI is InChI=1S/C16H16Cl2FNO2/c1-9-13(7-6-12(18)15(9)21-3)22-14-8-10(17)4-5-11(14)16(19)20-2/h4-8,16,20H,1-3H3. The molecule has 0 aromatic heterocycles. The fraction of sp³-hybridized carbons (Fsp3) is 0.250. The Morgan fingerprint density at radius 3 is 2.50 bits per heavy atom. The van der Waals surface area contributed by atoms with Crippen LogP contribution in [0.25, 0.3) is 0 Å². The van der Waals surface area contributed by atoms with Crippen LogP contribution < -0.4 is 14.8 Å². The summed E-state index contributed by atoms with van der Waals surface area (Å²) in [4.78, 5) is 0. The topological polar surface area (TPSA) is 30.5 Å². The maximum Gasteiger partial charge on any atom is 0.180 e. The molecule has 6 heteroatoms. The lowest BCUT2D eigenvalue weighted by Crippen LogP contribution is -2.12. The van der Waals surface area contributed by atoms with Crippen LogP contribution in [0.4, 0.5) is 4.39 Å². The molecule has 0 spiro atoms. The Labute approximate surface area is 138 Å². The summed E-state index contributed by atoms with van der Waals surface area (Å²) in [6.45, 7) is 1.81. The minimum absolute atomic E-state index is 0.335. The van der Waals surface area contributed by atoms with Gasteiger partial charge in [-0.25, -0.2) is 4.39 Å². The van der Waals surface area contributed by atoms with Crippen LogP contribution in [-0.2, 0) is 0 Å². The van der Waals surface area contributed by atoms with Crippen LogP contribution in [0.1, 0.15) is 17.4 Å². The largest absolute Gasteiger partial charge is 0.495 e. The molecule has 0 amide bonds. The summed E-state index contributed by atoms with van der Waals surface area (Å²) in [7, 11) is 3.06. The fourth-order valence-electron chi connectivity index (χ4n) is 2.08. The second-order valence-electron chi connectivity index (χ2n) is 4.64. The highest BCUT2D eigenvalue weighted by Gasteiger charge is 2.17. The fourth-order valence-corrected chi connectivity index (χ4v) is 2.53. The molecule has 22 heavy (non-hydrogen) atoms. The highest BCUT2D eigenvalue weighted by Crippen LogP contribution is 2.39. The van der Waals surface area contributed by atoms with E-state index in [1.165, 1.54) is 14.2 Å². The van der Waals surface area contributed by atoms with E-state index in [1.54, 1.807) is 30.3 Å². The SMILES string of the molecule is CNC(F)c1ccc(Cl)cc1Oc1ccc(Cl)c(OC)c1C. The predicted octanol–water partition coefficient (Wildman–Crippen LogP) is 5.29. The van der Waals surface area contributed by atoms with E-state index < -0.39 is 6.30 Å². The van der Waals surface area contributed by atoms with Gasteiger partial charge in [0.2, 0.25) is 0 Å². The van der Waals surface area contributed by atoms with Crippen LogP contribution >= 0.6 is 23.2 Å². The van der Waals surface area contributed by atoms with Crippen molar-refractivity contribution in [3.05, 3.63) is 51.5 Å². The lowest BCUT2D eigenvalue weighted by Gasteiger charge is -2.17. The van der Waals surface area contributed by atoms with Crippen LogP contribution in [0.5, 0.6) is 17.2 Å². The maximum atomic E-state index is 14.0. The van der Waals surface area contributed by atoms with E-state index in [-0.39, 0.29) is 0 Å². The Hall–Kier alpha value is -1.49. The number of alkyl halides is 1. The van der Waals surface area contributed by atoms with Gasteiger partial charge >= 0.3 is 0 Å². The number of nitrogens with one attached hydrogen (secondary N) is 1. The summed E-state index contributed by atoms with van der Waals surface area (Å²) in [6.07, 6.45) is -1.36. The second-order valence-corrected chi connectivity index (χ2v) is 5.48. The Balaban J connectivity index is 2.45. The molecule has 0 saturated carbocycles. The quantitative estimate of drug-likeness (QED) is 0.748. The molecule has 0 fully saturated rings. The van der Waals surface area contributed by atoms with Gasteiger partial charge in [-0.1, -0.05) is 23.2 Å². The minimum atomic E-state index is -1.36. The van der Waals surface area contributed by atoms with Crippen molar-refractivity contribution in [3.63, 3.8) is 0 Å². The number of rotatable bonds is 5. The van der Waals surface area contributed by atoms with E-state index in [9.17, 15) is 4.39 Å². The molecule has 0 heterocycles. The Morgan fingerprint density at radius 2 is 1.86 bits per heavy atom. The molecule has 118 valence electrons. The van der Waals surface area contributed by atoms with Gasteiger partial charge in [0.25, 0.3) is 0 Å². The first-order valence-electron chi connectivity index (χ1n) is 6.59. The number of hydrogen-bond acceptors (Lipinski definition) is 3. The van der Waals surface area contributed by atoms with E-state index in [1.807, 2.05) is 6.92 Å². The van der Waals surface area contributed by atoms with E-state index >= 15 is 0 Å². The summed E-state index contributed by atoms with van der Waals surface area (Å²) >= 11 is 12.0. The molecule has 0 aliphatic heterocycles. The van der Waals surface area contributed by atoms with Crippen molar-refractivity contribution in [2.75, 3.05) is 14.2 Å². The van der Waals surface area contributed by atoms with Gasteiger partial charge in [0.15, 0.2) is 6.30 Å². The lowest BCUT2D eigenvalue weighted by molar-refractivity contribution is 0.291. The van der Waals surface area contributed by atoms with Crippen molar-refractivity contribution in [2.45, 2.75) is 13.2 Å². The van der Waals surface area contributed by atoms with Crippen LogP contribution in [0.3, 0.4) is 0 Å². The van der Waals surface area contributed by atoms with E-state index in [4.69, 9.17) is 32.7 Å². The third kappa shape index (κ3) is 3.46. The number of benzene rings is 2. The van der Waals surface area contributed by atoms with Crippen molar-refractivity contribution < 1.29 is 13.9 Å². The van der Waals surface area contributed by atoms with Crippen molar-refractivity contribution in [3.8, 4) is 17.2 Å². The van der Waals surface area contributed by atoms with Crippen molar-refractivity contribution in [2.24, 2.45) is 0 Å². The van der Waals surface area contributed by atoms with Crippen LogP contribution in [0, 0.1) is 6.92 Å². The molecule has 0 saturated heterocycles. The molecule has 0 bridgehead atoms. The summed E-state index contributed by atoms with van der Waals surface area (Å²) in [6, 6.07) is 8.14. The molecule has 2 rings (SSSR count). The summed E-state index contributed by atoms with van der Waals surface area (Å²) < 4.78 is 25.1. The van der Waals surface area contributed by atoms with Crippen LogP contribution in [0.15, 0.2) is 30.3 Å². The molecule has 1 atom stereocenters. The zero-order valence-corrected chi connectivity index (χ0v) is 13.9. The second kappa shape index (κ2) is 7.18. The Morgan fingerprint density at radius 1 is 1.14 bits per heavy atom. The number of hydrogen-bond donors (Lipinski definition) is 1. The van der Waals surface area contributed by atoms with Gasteiger partial charge in [-0.15, -0.1) is 0 Å². The van der Waals surface area contributed by atoms with Crippen molar-refractivity contribution >= 4 is 23.2 Å². The smallest absolute Gasteiger partial charge is 0.180 e. The van der Waals surface area contributed by atoms with Gasteiger partial charge in [-0.05, 0) is 44.3 Å². The number of halogens is 3. The van der Waals surface area contributed by atoms with Gasteiger partial charge < -0.3 is 9.47 Å². The molecular formula is C16H16Cl2FNO2. The number of ether oxygens (including phenoxy) is 2. The van der Waals surface area contributed by atoms with Gasteiger partial charge in [-0.3, -0.25) is 5.32 Å². The molecule has 1 unspecified atom stereocenters. The highest BCUT2D eigenvalue weighted by molar-refractivity contribution is 6.32. The first-order valence-corrected chi connectivity index (χ1v) is 7.35. The molecule has 0 aliphatic rings. The van der Waals surface area contributed by atoms with Crippen molar-refractivity contribution in [1.29, 1.82) is 0 Å². The average Bonchev–Trinajstić information content (AvgIpc) is 2.50. The van der Waals surface area contributed by atoms with Crippen LogP contribution in [-0.4, -0.2) is 14.2 Å². The van der Waals surface area contributed by atoms with Gasteiger partial charge in [-0.2, -0.15) is 0 Å². The Bertz CT molecular complexity index is 679. The number of methoxy groups -OCH3 is 1. The zero-order valence-electron chi connectivity index (χ0n) is 12.4. The van der Waals surface area contributed by atoms with Crippen molar-refractivity contribution in [1.82, 2.24) is 5.32 Å². The molecule has 3 nitrogen and oxygen atoms in total. The van der Waals surface area contributed by atoms with Crippen LogP contribution in [0.2, 0.25) is 10.0 Å².